The number of hydrogen-bond donors (Lipinski definition) is 1. The van der Waals surface area contributed by atoms with Crippen molar-refractivity contribution >= 4 is 11.8 Å². The normalized spacial score (nSPS) is 21.4. The average molecular weight is 282 g/mol. The van der Waals surface area contributed by atoms with Crippen LogP contribution in [0.15, 0.2) is 12.2 Å². The molecule has 0 spiro atoms. The molecule has 0 aliphatic heterocycles. The first kappa shape index (κ1) is 16.9. The molecular formula is C16H26O4. The van der Waals surface area contributed by atoms with Gasteiger partial charge in [0.25, 0.3) is 0 Å². The van der Waals surface area contributed by atoms with E-state index in [1.165, 1.54) is 6.08 Å². The minimum absolute atomic E-state index is 0.0389. The lowest BCUT2D eigenvalue weighted by Gasteiger charge is -2.12. The maximum atomic E-state index is 11.4. The highest BCUT2D eigenvalue weighted by molar-refractivity contribution is 5.94. The van der Waals surface area contributed by atoms with Gasteiger partial charge in [-0.1, -0.05) is 38.7 Å². The number of rotatable bonds is 10. The van der Waals surface area contributed by atoms with Crippen LogP contribution in [0.2, 0.25) is 0 Å². The minimum Gasteiger partial charge on any atom is -0.466 e. The second kappa shape index (κ2) is 9.70. The highest BCUT2D eigenvalue weighted by Crippen LogP contribution is 2.22. The van der Waals surface area contributed by atoms with Gasteiger partial charge in [-0.3, -0.25) is 9.59 Å². The van der Waals surface area contributed by atoms with E-state index in [9.17, 15) is 14.7 Å². The van der Waals surface area contributed by atoms with Crippen LogP contribution in [0, 0.1) is 5.92 Å². The van der Waals surface area contributed by atoms with Gasteiger partial charge < -0.3 is 9.84 Å². The van der Waals surface area contributed by atoms with Gasteiger partial charge in [0.05, 0.1) is 18.6 Å². The van der Waals surface area contributed by atoms with Gasteiger partial charge in [-0.25, -0.2) is 0 Å². The lowest BCUT2D eigenvalue weighted by molar-refractivity contribution is -0.143. The molecule has 1 N–H and O–H groups in total. The zero-order valence-electron chi connectivity index (χ0n) is 12.3. The van der Waals surface area contributed by atoms with Crippen LogP contribution in [0.25, 0.3) is 0 Å². The molecule has 114 valence electrons. The number of hydrogen-bond acceptors (Lipinski definition) is 4. The van der Waals surface area contributed by atoms with Crippen LogP contribution in [0.1, 0.15) is 58.3 Å². The van der Waals surface area contributed by atoms with E-state index in [2.05, 4.69) is 6.92 Å². The van der Waals surface area contributed by atoms with Gasteiger partial charge in [0.2, 0.25) is 0 Å². The molecule has 0 saturated carbocycles. The first-order chi connectivity index (χ1) is 9.65. The molecule has 2 unspecified atom stereocenters. The largest absolute Gasteiger partial charge is 0.466 e. The average Bonchev–Trinajstić information content (AvgIpc) is 2.74. The van der Waals surface area contributed by atoms with Crippen molar-refractivity contribution in [3.05, 3.63) is 12.2 Å². The standard InChI is InChI=1S/C16H26O4/c1-2-3-12-20-16(19)9-7-5-4-6-8-13-14(17)10-11-15(13)18/h10-11,13-14,17H,2-9,12H2,1H3. The van der Waals surface area contributed by atoms with Crippen LogP contribution in [-0.2, 0) is 14.3 Å². The smallest absolute Gasteiger partial charge is 0.305 e. The second-order valence-corrected chi connectivity index (χ2v) is 5.39. The third-order valence-electron chi connectivity index (χ3n) is 3.64. The van der Waals surface area contributed by atoms with Gasteiger partial charge >= 0.3 is 5.97 Å². The van der Waals surface area contributed by atoms with Crippen LogP contribution in [0.5, 0.6) is 0 Å². The molecule has 4 nitrogen and oxygen atoms in total. The van der Waals surface area contributed by atoms with E-state index in [0.29, 0.717) is 13.0 Å². The summed E-state index contributed by atoms with van der Waals surface area (Å²) in [5.41, 5.74) is 0. The molecule has 0 saturated heterocycles. The Labute approximate surface area is 121 Å². The van der Waals surface area contributed by atoms with Gasteiger partial charge in [-0.2, -0.15) is 0 Å². The molecule has 0 aromatic rings. The lowest BCUT2D eigenvalue weighted by Crippen LogP contribution is -2.19. The first-order valence-electron chi connectivity index (χ1n) is 7.71. The molecule has 20 heavy (non-hydrogen) atoms. The molecular weight excluding hydrogens is 256 g/mol. The van der Waals surface area contributed by atoms with Crippen molar-refractivity contribution in [2.45, 2.75) is 64.4 Å². The predicted octanol–water partition coefficient (Wildman–Crippen LogP) is 2.79. The van der Waals surface area contributed by atoms with Crippen molar-refractivity contribution in [1.82, 2.24) is 0 Å². The summed E-state index contributed by atoms with van der Waals surface area (Å²) in [5, 5.41) is 9.57. The Morgan fingerprint density at radius 3 is 2.65 bits per heavy atom. The van der Waals surface area contributed by atoms with Crippen LogP contribution >= 0.6 is 0 Å². The third kappa shape index (κ3) is 6.33. The number of allylic oxidation sites excluding steroid dienone is 1. The maximum absolute atomic E-state index is 11.4. The van der Waals surface area contributed by atoms with Crippen molar-refractivity contribution in [1.29, 1.82) is 0 Å². The van der Waals surface area contributed by atoms with Gasteiger partial charge in [0.15, 0.2) is 5.78 Å². The summed E-state index contributed by atoms with van der Waals surface area (Å²) in [5.74, 6) is -0.310. The van der Waals surface area contributed by atoms with Gasteiger partial charge in [0.1, 0.15) is 0 Å². The van der Waals surface area contributed by atoms with E-state index in [0.717, 1.165) is 44.9 Å². The summed E-state index contributed by atoms with van der Waals surface area (Å²) >= 11 is 0. The summed E-state index contributed by atoms with van der Waals surface area (Å²) in [6.07, 6.45) is 9.32. The lowest BCUT2D eigenvalue weighted by atomic mass is 9.96. The first-order valence-corrected chi connectivity index (χ1v) is 7.71. The molecule has 2 atom stereocenters. The summed E-state index contributed by atoms with van der Waals surface area (Å²) in [7, 11) is 0. The fourth-order valence-corrected chi connectivity index (χ4v) is 2.32. The zero-order chi connectivity index (χ0) is 14.8. The van der Waals surface area contributed by atoms with E-state index >= 15 is 0 Å². The quantitative estimate of drug-likeness (QED) is 0.494. The molecule has 0 aromatic carbocycles. The molecule has 0 aromatic heterocycles. The molecule has 0 radical (unpaired) electrons. The topological polar surface area (TPSA) is 63.6 Å². The SMILES string of the molecule is CCCCOC(=O)CCCCCCC1C(=O)C=CC1O. The molecule has 0 amide bonds. The van der Waals surface area contributed by atoms with Crippen molar-refractivity contribution in [3.63, 3.8) is 0 Å². The number of ketones is 1. The summed E-state index contributed by atoms with van der Waals surface area (Å²) < 4.78 is 5.07. The molecule has 0 bridgehead atoms. The van der Waals surface area contributed by atoms with E-state index in [1.807, 2.05) is 0 Å². The van der Waals surface area contributed by atoms with E-state index in [4.69, 9.17) is 4.74 Å². The highest BCUT2D eigenvalue weighted by atomic mass is 16.5. The molecule has 0 heterocycles. The Bertz CT molecular complexity index is 335. The molecule has 1 rings (SSSR count). The van der Waals surface area contributed by atoms with E-state index in [-0.39, 0.29) is 17.7 Å². The molecule has 0 fully saturated rings. The van der Waals surface area contributed by atoms with Crippen molar-refractivity contribution in [2.24, 2.45) is 5.92 Å². The minimum atomic E-state index is -0.601. The Hall–Kier alpha value is -1.16. The summed E-state index contributed by atoms with van der Waals surface area (Å²) in [6.45, 7) is 2.60. The van der Waals surface area contributed by atoms with E-state index in [1.54, 1.807) is 6.08 Å². The number of carbonyl (C=O) groups is 2. The number of esters is 1. The number of ether oxygens (including phenoxy) is 1. The van der Waals surface area contributed by atoms with Gasteiger partial charge in [-0.15, -0.1) is 0 Å². The fourth-order valence-electron chi connectivity index (χ4n) is 2.32. The van der Waals surface area contributed by atoms with Crippen LogP contribution < -0.4 is 0 Å². The number of aliphatic hydroxyl groups excluding tert-OH is 1. The van der Waals surface area contributed by atoms with E-state index < -0.39 is 6.10 Å². The Kier molecular flexibility index (Phi) is 8.19. The number of unbranched alkanes of at least 4 members (excludes halogenated alkanes) is 4. The summed E-state index contributed by atoms with van der Waals surface area (Å²) in [6, 6.07) is 0. The number of carbonyl (C=O) groups excluding carboxylic acids is 2. The van der Waals surface area contributed by atoms with Crippen LogP contribution in [-0.4, -0.2) is 29.6 Å². The monoisotopic (exact) mass is 282 g/mol. The van der Waals surface area contributed by atoms with Crippen LogP contribution in [0.3, 0.4) is 0 Å². The summed E-state index contributed by atoms with van der Waals surface area (Å²) in [4.78, 5) is 22.7. The van der Waals surface area contributed by atoms with Crippen LogP contribution in [0.4, 0.5) is 0 Å². The molecule has 4 heteroatoms. The maximum Gasteiger partial charge on any atom is 0.305 e. The molecule has 1 aliphatic carbocycles. The van der Waals surface area contributed by atoms with Crippen molar-refractivity contribution in [3.8, 4) is 0 Å². The fraction of sp³-hybridized carbons (Fsp3) is 0.750. The highest BCUT2D eigenvalue weighted by Gasteiger charge is 2.27. The van der Waals surface area contributed by atoms with Crippen molar-refractivity contribution < 1.29 is 19.4 Å². The predicted molar refractivity (Wildman–Crippen MR) is 77.2 cm³/mol. The second-order valence-electron chi connectivity index (χ2n) is 5.39. The zero-order valence-corrected chi connectivity index (χ0v) is 12.3. The Morgan fingerprint density at radius 2 is 2.00 bits per heavy atom. The Balaban J connectivity index is 1.95. The Morgan fingerprint density at radius 1 is 1.25 bits per heavy atom. The number of aliphatic hydroxyl groups is 1. The van der Waals surface area contributed by atoms with Crippen molar-refractivity contribution in [2.75, 3.05) is 6.61 Å². The van der Waals surface area contributed by atoms with Gasteiger partial charge in [0, 0.05) is 6.42 Å². The third-order valence-corrected chi connectivity index (χ3v) is 3.64. The van der Waals surface area contributed by atoms with Gasteiger partial charge in [-0.05, 0) is 25.3 Å². The molecule has 1 aliphatic rings.